The average molecular weight is 646 g/mol. The molecule has 0 aliphatic carbocycles. The number of carboxylic acids is 1. The summed E-state index contributed by atoms with van der Waals surface area (Å²) in [7, 11) is 3.07. The van der Waals surface area contributed by atoms with E-state index in [0.717, 1.165) is 6.42 Å². The number of unbranched alkanes of at least 4 members (excludes halogenated alkanes) is 1. The van der Waals surface area contributed by atoms with Crippen molar-refractivity contribution in [3.05, 3.63) is 35.4 Å². The molecule has 252 valence electrons. The van der Waals surface area contributed by atoms with Gasteiger partial charge in [-0.05, 0) is 37.3 Å². The van der Waals surface area contributed by atoms with Crippen molar-refractivity contribution in [2.75, 3.05) is 20.6 Å². The molecule has 45 heavy (non-hydrogen) atoms. The van der Waals surface area contributed by atoms with Crippen molar-refractivity contribution in [3.63, 3.8) is 0 Å². The van der Waals surface area contributed by atoms with Crippen LogP contribution in [0.1, 0.15) is 50.2 Å². The molecule has 0 aliphatic heterocycles. The molecular formula is C27H42F3N9O6. The average Bonchev–Trinajstić information content (AvgIpc) is 2.94. The minimum Gasteiger partial charge on any atom is -0.475 e. The van der Waals surface area contributed by atoms with Crippen LogP contribution in [-0.4, -0.2) is 90.3 Å². The maximum absolute atomic E-state index is 13.3. The zero-order valence-corrected chi connectivity index (χ0v) is 25.3. The number of nitrogens with two attached hydrogens (primary N) is 4. The lowest BCUT2D eigenvalue weighted by molar-refractivity contribution is -0.192. The number of carbonyl (C=O) groups excluding carboxylic acids is 4. The Labute approximate surface area is 258 Å². The number of nitrogens with zero attached hydrogens (tertiary/aromatic N) is 2. The van der Waals surface area contributed by atoms with Crippen LogP contribution in [0.5, 0.6) is 0 Å². The summed E-state index contributed by atoms with van der Waals surface area (Å²) in [6, 6.07) is 4.76. The molecule has 1 rings (SSSR count). The van der Waals surface area contributed by atoms with Crippen molar-refractivity contribution in [2.24, 2.45) is 33.8 Å². The molecule has 0 fully saturated rings. The lowest BCUT2D eigenvalue weighted by Crippen LogP contribution is -2.54. The van der Waals surface area contributed by atoms with Crippen LogP contribution in [0.25, 0.3) is 0 Å². The summed E-state index contributed by atoms with van der Waals surface area (Å²) in [5.74, 6) is -6.48. The highest BCUT2D eigenvalue weighted by Gasteiger charge is 2.38. The van der Waals surface area contributed by atoms with Gasteiger partial charge in [0.1, 0.15) is 23.8 Å². The minimum atomic E-state index is -5.08. The van der Waals surface area contributed by atoms with Crippen molar-refractivity contribution < 1.29 is 42.3 Å². The maximum Gasteiger partial charge on any atom is 0.490 e. The second-order valence-electron chi connectivity index (χ2n) is 10.0. The predicted molar refractivity (Wildman–Crippen MR) is 160 cm³/mol. The van der Waals surface area contributed by atoms with E-state index in [-0.39, 0.29) is 31.2 Å². The monoisotopic (exact) mass is 645 g/mol. The van der Waals surface area contributed by atoms with Gasteiger partial charge in [-0.25, -0.2) is 4.79 Å². The molecule has 2 unspecified atom stereocenters. The zero-order valence-electron chi connectivity index (χ0n) is 25.3. The second kappa shape index (κ2) is 19.4. The van der Waals surface area contributed by atoms with Gasteiger partial charge in [-0.1, -0.05) is 38.0 Å². The van der Waals surface area contributed by atoms with Gasteiger partial charge in [0.25, 0.3) is 0 Å². The number of rotatable bonds is 16. The summed E-state index contributed by atoms with van der Waals surface area (Å²) in [5, 5.41) is 20.1. The van der Waals surface area contributed by atoms with Gasteiger partial charge in [-0.15, -0.1) is 0 Å². The van der Waals surface area contributed by atoms with Crippen molar-refractivity contribution in [3.8, 4) is 0 Å². The summed E-state index contributed by atoms with van der Waals surface area (Å²) in [5.41, 5.74) is 22.7. The smallest absolute Gasteiger partial charge is 0.475 e. The Morgan fingerprint density at radius 2 is 1.53 bits per heavy atom. The standard InChI is InChI=1S/C25H41N9O4.C2HF3O2/c1-4-5-10-19(23(37)32-18(21(28)35)11-7-12-31-25(29)30)33-22(36)17(24(38)34(2)3)14-15-8-6-9-16(13-15)20(26)27;3-2(4,5)1(6)7/h6,8-9,13,17-19H,4-5,7,10-12,14H2,1-3H3,(H3,26,27)(H2,28,35)(H,32,37)(H,33,36)(H4,29,30,31);(H,6,7)/t17?,18-,19?;/m0./s1. The highest BCUT2D eigenvalue weighted by molar-refractivity contribution is 6.02. The van der Waals surface area contributed by atoms with E-state index in [4.69, 9.17) is 38.2 Å². The van der Waals surface area contributed by atoms with Gasteiger partial charge >= 0.3 is 12.1 Å². The van der Waals surface area contributed by atoms with Gasteiger partial charge in [-0.2, -0.15) is 13.2 Å². The summed E-state index contributed by atoms with van der Waals surface area (Å²) in [6.07, 6.45) is -2.75. The Balaban J connectivity index is 0.00000246. The normalized spacial score (nSPS) is 12.7. The number of benzene rings is 1. The van der Waals surface area contributed by atoms with Crippen molar-refractivity contribution >= 4 is 41.4 Å². The lowest BCUT2D eigenvalue weighted by atomic mass is 9.95. The van der Waals surface area contributed by atoms with E-state index in [1.54, 1.807) is 24.3 Å². The third-order valence-corrected chi connectivity index (χ3v) is 6.06. The van der Waals surface area contributed by atoms with Crippen LogP contribution in [0.3, 0.4) is 0 Å². The molecule has 0 radical (unpaired) electrons. The molecule has 0 heterocycles. The first-order chi connectivity index (χ1) is 20.8. The van der Waals surface area contributed by atoms with Crippen LogP contribution in [0.4, 0.5) is 13.2 Å². The molecule has 0 aliphatic rings. The van der Waals surface area contributed by atoms with Crippen molar-refractivity contribution in [2.45, 2.75) is 63.7 Å². The number of amidine groups is 1. The second-order valence-corrected chi connectivity index (χ2v) is 10.0. The number of aliphatic carboxylic acids is 1. The topological polar surface area (TPSA) is 273 Å². The van der Waals surface area contributed by atoms with Crippen LogP contribution in [0, 0.1) is 11.3 Å². The van der Waals surface area contributed by atoms with E-state index in [1.807, 2.05) is 6.92 Å². The van der Waals surface area contributed by atoms with E-state index in [0.29, 0.717) is 30.4 Å². The number of halogens is 3. The first-order valence-electron chi connectivity index (χ1n) is 13.7. The maximum atomic E-state index is 13.3. The van der Waals surface area contributed by atoms with Crippen LogP contribution in [0.2, 0.25) is 0 Å². The third kappa shape index (κ3) is 15.9. The fourth-order valence-corrected chi connectivity index (χ4v) is 3.72. The van der Waals surface area contributed by atoms with Gasteiger partial charge in [0.2, 0.25) is 23.6 Å². The number of guanidine groups is 1. The van der Waals surface area contributed by atoms with E-state index in [9.17, 15) is 32.3 Å². The van der Waals surface area contributed by atoms with Crippen LogP contribution < -0.4 is 33.6 Å². The summed E-state index contributed by atoms with van der Waals surface area (Å²) >= 11 is 0. The molecule has 12 N–H and O–H groups in total. The van der Waals surface area contributed by atoms with Gasteiger partial charge < -0.3 is 43.6 Å². The van der Waals surface area contributed by atoms with Gasteiger partial charge in [0, 0.05) is 26.2 Å². The van der Waals surface area contributed by atoms with E-state index in [2.05, 4.69) is 15.6 Å². The summed E-state index contributed by atoms with van der Waals surface area (Å²) in [4.78, 5) is 65.4. The molecule has 1 aromatic rings. The molecule has 0 spiro atoms. The Morgan fingerprint density at radius 1 is 0.978 bits per heavy atom. The minimum absolute atomic E-state index is 0.0424. The number of primary amides is 1. The van der Waals surface area contributed by atoms with Crippen LogP contribution >= 0.6 is 0 Å². The Bertz CT molecular complexity index is 1220. The van der Waals surface area contributed by atoms with Gasteiger partial charge in [0.15, 0.2) is 5.96 Å². The molecule has 4 amide bonds. The molecule has 0 bridgehead atoms. The van der Waals surface area contributed by atoms with Crippen LogP contribution in [-0.2, 0) is 30.4 Å². The third-order valence-electron chi connectivity index (χ3n) is 6.06. The number of carboxylic acid groups (broad SMARTS) is 1. The number of nitrogen functional groups attached to an aromatic ring is 1. The fraction of sp³-hybridized carbons (Fsp3) is 0.519. The lowest BCUT2D eigenvalue weighted by Gasteiger charge is -2.25. The summed E-state index contributed by atoms with van der Waals surface area (Å²) in [6.45, 7) is 2.20. The Morgan fingerprint density at radius 3 is 2.00 bits per heavy atom. The molecule has 3 atom stereocenters. The molecule has 15 nitrogen and oxygen atoms in total. The zero-order chi connectivity index (χ0) is 34.9. The van der Waals surface area contributed by atoms with Gasteiger partial charge in [0.05, 0.1) is 0 Å². The highest BCUT2D eigenvalue weighted by Crippen LogP contribution is 2.15. The first-order valence-corrected chi connectivity index (χ1v) is 13.7. The molecular weight excluding hydrogens is 603 g/mol. The Hall–Kier alpha value is -4.90. The van der Waals surface area contributed by atoms with Gasteiger partial charge in [-0.3, -0.25) is 29.6 Å². The fourth-order valence-electron chi connectivity index (χ4n) is 3.72. The van der Waals surface area contributed by atoms with E-state index >= 15 is 0 Å². The van der Waals surface area contributed by atoms with E-state index < -0.39 is 53.8 Å². The highest BCUT2D eigenvalue weighted by atomic mass is 19.4. The number of nitrogens with one attached hydrogen (secondary N) is 3. The first kappa shape index (κ1) is 40.1. The molecule has 18 heteroatoms. The van der Waals surface area contributed by atoms with Crippen molar-refractivity contribution in [1.82, 2.24) is 15.5 Å². The number of amides is 4. The number of hydrogen-bond acceptors (Lipinski definition) is 7. The molecule has 1 aromatic carbocycles. The number of carbonyl (C=O) groups is 5. The molecule has 0 saturated carbocycles. The largest absolute Gasteiger partial charge is 0.490 e. The Kier molecular flexibility index (Phi) is 17.3. The summed E-state index contributed by atoms with van der Waals surface area (Å²) < 4.78 is 31.7. The quantitative estimate of drug-likeness (QED) is 0.0500. The molecule has 0 saturated heterocycles. The number of aliphatic imine (C=N–C) groups is 1. The SMILES string of the molecule is CCCCC(NC(=O)C(Cc1cccc(C(=N)N)c1)C(=O)N(C)C)C(=O)N[C@@H](CCCN=C(N)N)C(N)=O.O=C(O)C(F)(F)F. The van der Waals surface area contributed by atoms with E-state index in [1.165, 1.54) is 19.0 Å². The molecule has 0 aromatic heterocycles. The predicted octanol–water partition coefficient (Wildman–Crippen LogP) is -0.450. The van der Waals surface area contributed by atoms with Crippen molar-refractivity contribution in [1.29, 1.82) is 5.41 Å². The number of hydrogen-bond donors (Lipinski definition) is 8. The van der Waals surface area contributed by atoms with Crippen LogP contribution in [0.15, 0.2) is 29.3 Å². The number of alkyl halides is 3.